The van der Waals surface area contributed by atoms with E-state index in [9.17, 15) is 22.4 Å². The van der Waals surface area contributed by atoms with Crippen LogP contribution in [-0.2, 0) is 24.0 Å². The lowest BCUT2D eigenvalue weighted by Gasteiger charge is -2.43. The number of aromatic nitrogens is 2. The summed E-state index contributed by atoms with van der Waals surface area (Å²) in [5.41, 5.74) is 1.43. The van der Waals surface area contributed by atoms with Gasteiger partial charge in [0.15, 0.2) is 12.0 Å². The third-order valence-corrected chi connectivity index (χ3v) is 7.89. The Morgan fingerprint density at radius 1 is 1.05 bits per heavy atom. The number of ether oxygens (including phenoxy) is 1. The zero-order valence-corrected chi connectivity index (χ0v) is 21.5. The number of alkyl halides is 3. The fourth-order valence-electron chi connectivity index (χ4n) is 5.79. The van der Waals surface area contributed by atoms with Gasteiger partial charge in [-0.1, -0.05) is 30.3 Å². The third-order valence-electron chi connectivity index (χ3n) is 7.89. The van der Waals surface area contributed by atoms with Crippen LogP contribution >= 0.6 is 0 Å². The van der Waals surface area contributed by atoms with Crippen molar-refractivity contribution < 1.29 is 27.1 Å². The van der Waals surface area contributed by atoms with E-state index in [4.69, 9.17) is 4.74 Å². The second kappa shape index (κ2) is 9.86. The molecule has 3 aromatic rings. The van der Waals surface area contributed by atoms with Crippen molar-refractivity contribution in [2.45, 2.75) is 57.7 Å². The van der Waals surface area contributed by atoms with Crippen molar-refractivity contribution in [3.05, 3.63) is 76.7 Å². The quantitative estimate of drug-likeness (QED) is 0.377. The standard InChI is InChI=1S/C28H29F4N5O2/c1-18-5-4-8-23(29)25(18)34-12-9-21(10-13-34)35-16-20-17-37(24-11-14-39-24)33-26(20)36(27(35)38)15-19-6-2-3-7-22(19)28(30,31)32/h2-8,17,21,24H,9-16H2,1H3. The van der Waals surface area contributed by atoms with E-state index in [0.717, 1.165) is 23.6 Å². The molecular formula is C28H29F4N5O2. The number of fused-ring (bicyclic) bond motifs is 1. The summed E-state index contributed by atoms with van der Waals surface area (Å²) >= 11 is 0. The van der Waals surface area contributed by atoms with Gasteiger partial charge in [0.2, 0.25) is 0 Å². The summed E-state index contributed by atoms with van der Waals surface area (Å²) in [4.78, 5) is 19.0. The first-order chi connectivity index (χ1) is 18.7. The van der Waals surface area contributed by atoms with Crippen LogP contribution in [-0.4, -0.2) is 46.4 Å². The number of carbonyl (C=O) groups is 1. The maximum atomic E-state index is 14.6. The van der Waals surface area contributed by atoms with Crippen LogP contribution < -0.4 is 9.80 Å². The van der Waals surface area contributed by atoms with Crippen molar-refractivity contribution in [1.82, 2.24) is 14.7 Å². The van der Waals surface area contributed by atoms with E-state index in [2.05, 4.69) is 5.10 Å². The second-order valence-electron chi connectivity index (χ2n) is 10.3. The molecule has 1 aromatic heterocycles. The molecule has 0 spiro atoms. The second-order valence-corrected chi connectivity index (χ2v) is 10.3. The smallest absolute Gasteiger partial charge is 0.369 e. The number of anilines is 2. The van der Waals surface area contributed by atoms with E-state index in [-0.39, 0.29) is 36.2 Å². The van der Waals surface area contributed by atoms with Crippen LogP contribution in [0.4, 0.5) is 33.9 Å². The minimum absolute atomic E-state index is 0.00504. The van der Waals surface area contributed by atoms with E-state index < -0.39 is 11.7 Å². The van der Waals surface area contributed by atoms with Crippen molar-refractivity contribution in [1.29, 1.82) is 0 Å². The number of piperidine rings is 1. The van der Waals surface area contributed by atoms with Crippen LogP contribution in [0, 0.1) is 12.7 Å². The summed E-state index contributed by atoms with van der Waals surface area (Å²) in [6.07, 6.45) is -0.948. The molecule has 2 amide bonds. The highest BCUT2D eigenvalue weighted by molar-refractivity contribution is 5.94. The number of amides is 2. The monoisotopic (exact) mass is 543 g/mol. The van der Waals surface area contributed by atoms with Gasteiger partial charge in [0.25, 0.3) is 0 Å². The fraction of sp³-hybridized carbons (Fsp3) is 0.429. The largest absolute Gasteiger partial charge is 0.416 e. The van der Waals surface area contributed by atoms with E-state index in [1.807, 2.05) is 24.1 Å². The van der Waals surface area contributed by atoms with Crippen molar-refractivity contribution >= 4 is 17.5 Å². The van der Waals surface area contributed by atoms with Crippen LogP contribution in [0.3, 0.4) is 0 Å². The molecule has 7 nitrogen and oxygen atoms in total. The molecule has 11 heteroatoms. The number of hydrogen-bond acceptors (Lipinski definition) is 4. The van der Waals surface area contributed by atoms with Gasteiger partial charge in [-0.25, -0.2) is 13.9 Å². The molecule has 1 unspecified atom stereocenters. The molecule has 2 saturated heterocycles. The van der Waals surface area contributed by atoms with E-state index in [1.54, 1.807) is 21.7 Å². The van der Waals surface area contributed by atoms with Gasteiger partial charge in [-0.2, -0.15) is 18.3 Å². The normalized spacial score (nSPS) is 20.3. The number of aryl methyl sites for hydroxylation is 1. The molecule has 3 aliphatic rings. The van der Waals surface area contributed by atoms with Crippen molar-refractivity contribution in [3.8, 4) is 0 Å². The zero-order chi connectivity index (χ0) is 27.3. The molecule has 1 atom stereocenters. The Bertz CT molecular complexity index is 1360. The minimum atomic E-state index is -4.55. The average molecular weight is 544 g/mol. The van der Waals surface area contributed by atoms with Crippen molar-refractivity contribution in [2.75, 3.05) is 29.5 Å². The Morgan fingerprint density at radius 2 is 1.79 bits per heavy atom. The summed E-state index contributed by atoms with van der Waals surface area (Å²) in [5, 5.41) is 4.58. The molecule has 0 N–H and O–H groups in total. The predicted molar refractivity (Wildman–Crippen MR) is 137 cm³/mol. The van der Waals surface area contributed by atoms with Gasteiger partial charge in [0, 0.05) is 37.3 Å². The van der Waals surface area contributed by atoms with Gasteiger partial charge in [0.05, 0.1) is 30.9 Å². The first kappa shape index (κ1) is 25.7. The SMILES string of the molecule is Cc1cccc(F)c1N1CCC(N2Cc3cn(C4CCO4)nc3N(Cc3ccccc3C(F)(F)F)C2=O)CC1. The highest BCUT2D eigenvalue weighted by atomic mass is 19.4. The fourth-order valence-corrected chi connectivity index (χ4v) is 5.79. The molecule has 3 aliphatic heterocycles. The number of urea groups is 1. The van der Waals surface area contributed by atoms with Gasteiger partial charge < -0.3 is 14.5 Å². The summed E-state index contributed by atoms with van der Waals surface area (Å²) in [6, 6.07) is 9.81. The number of benzene rings is 2. The van der Waals surface area contributed by atoms with Crippen LogP contribution in [0.25, 0.3) is 0 Å². The van der Waals surface area contributed by atoms with Crippen molar-refractivity contribution in [3.63, 3.8) is 0 Å². The Hall–Kier alpha value is -3.60. The Kier molecular flexibility index (Phi) is 6.49. The lowest BCUT2D eigenvalue weighted by atomic mass is 10.00. The highest BCUT2D eigenvalue weighted by Crippen LogP contribution is 2.38. The molecule has 4 heterocycles. The number of carbonyl (C=O) groups excluding carboxylic acids is 1. The molecule has 0 bridgehead atoms. The highest BCUT2D eigenvalue weighted by Gasteiger charge is 2.41. The predicted octanol–water partition coefficient (Wildman–Crippen LogP) is 5.88. The summed E-state index contributed by atoms with van der Waals surface area (Å²) in [5.74, 6) is 0.0930. The van der Waals surface area contributed by atoms with Crippen LogP contribution in [0.5, 0.6) is 0 Å². The lowest BCUT2D eigenvalue weighted by Crippen LogP contribution is -2.54. The summed E-state index contributed by atoms with van der Waals surface area (Å²) in [7, 11) is 0. The Morgan fingerprint density at radius 3 is 2.46 bits per heavy atom. The first-order valence-corrected chi connectivity index (χ1v) is 13.1. The summed E-state index contributed by atoms with van der Waals surface area (Å²) in [6.45, 7) is 3.67. The van der Waals surface area contributed by atoms with Crippen molar-refractivity contribution in [2.24, 2.45) is 0 Å². The molecule has 39 heavy (non-hydrogen) atoms. The molecule has 6 rings (SSSR count). The molecule has 2 aromatic carbocycles. The molecule has 0 saturated carbocycles. The van der Waals surface area contributed by atoms with Crippen LogP contribution in [0.1, 0.15) is 47.7 Å². The Balaban J connectivity index is 1.28. The maximum Gasteiger partial charge on any atom is 0.416 e. The molecule has 206 valence electrons. The molecule has 2 fully saturated rings. The number of hydrogen-bond donors (Lipinski definition) is 0. The van der Waals surface area contributed by atoms with Crippen LogP contribution in [0.2, 0.25) is 0 Å². The number of rotatable bonds is 5. The minimum Gasteiger partial charge on any atom is -0.369 e. The third kappa shape index (κ3) is 4.73. The van der Waals surface area contributed by atoms with Gasteiger partial charge in [0.1, 0.15) is 5.82 Å². The van der Waals surface area contributed by atoms with Gasteiger partial charge in [-0.3, -0.25) is 4.90 Å². The van der Waals surface area contributed by atoms with Gasteiger partial charge >= 0.3 is 12.2 Å². The number of halogens is 4. The Labute approximate surface area is 223 Å². The topological polar surface area (TPSA) is 53.8 Å². The van der Waals surface area contributed by atoms with Gasteiger partial charge in [-0.15, -0.1) is 0 Å². The maximum absolute atomic E-state index is 14.6. The lowest BCUT2D eigenvalue weighted by molar-refractivity contribution is -0.138. The summed E-state index contributed by atoms with van der Waals surface area (Å²) < 4.78 is 63.1. The van der Waals surface area contributed by atoms with E-state index in [0.29, 0.717) is 50.6 Å². The van der Waals surface area contributed by atoms with Gasteiger partial charge in [-0.05, 0) is 43.0 Å². The first-order valence-electron chi connectivity index (χ1n) is 13.1. The zero-order valence-electron chi connectivity index (χ0n) is 21.5. The van der Waals surface area contributed by atoms with Crippen LogP contribution in [0.15, 0.2) is 48.7 Å². The molecular weight excluding hydrogens is 514 g/mol. The molecule has 0 radical (unpaired) electrons. The average Bonchev–Trinajstić information content (AvgIpc) is 3.27. The number of para-hydroxylation sites is 1. The molecule has 0 aliphatic carbocycles. The van der Waals surface area contributed by atoms with E-state index >= 15 is 0 Å². The number of nitrogens with zero attached hydrogens (tertiary/aromatic N) is 5. The van der Waals surface area contributed by atoms with E-state index in [1.165, 1.54) is 23.1 Å².